The number of allylic oxidation sites excluding steroid dienone is 1. The molecule has 0 spiro atoms. The first-order valence-electron chi connectivity index (χ1n) is 8.12. The number of nitrogens with zero attached hydrogens (tertiary/aromatic N) is 3. The molecule has 0 bridgehead atoms. The van der Waals surface area contributed by atoms with Crippen molar-refractivity contribution in [2.24, 2.45) is 0 Å². The lowest BCUT2D eigenvalue weighted by atomic mass is 10.2. The van der Waals surface area contributed by atoms with Crippen molar-refractivity contribution in [2.75, 3.05) is 7.11 Å². The van der Waals surface area contributed by atoms with Gasteiger partial charge in [-0.2, -0.15) is 9.50 Å². The molecule has 2 aromatic heterocycles. The second kappa shape index (κ2) is 7.13. The monoisotopic (exact) mass is 379 g/mol. The Hall–Kier alpha value is -3.32. The largest absolute Gasteiger partial charge is 0.496 e. The Bertz CT molecular complexity index is 1240. The second-order valence-electron chi connectivity index (χ2n) is 5.68. The third-order valence-electron chi connectivity index (χ3n) is 3.95. The SMILES string of the molecule is COc1ccccc1/C=C/C=c1\sc2nc(-c3ccc(F)cc3)nn2c1=O. The van der Waals surface area contributed by atoms with Gasteiger partial charge in [0.2, 0.25) is 4.96 Å². The van der Waals surface area contributed by atoms with Gasteiger partial charge < -0.3 is 4.74 Å². The normalized spacial score (nSPS) is 12.3. The minimum atomic E-state index is -0.331. The lowest BCUT2D eigenvalue weighted by molar-refractivity contribution is 0.414. The molecule has 0 aliphatic rings. The van der Waals surface area contributed by atoms with Crippen molar-refractivity contribution in [1.82, 2.24) is 14.6 Å². The average molecular weight is 379 g/mol. The molecule has 0 saturated carbocycles. The zero-order valence-corrected chi connectivity index (χ0v) is 15.1. The molecule has 4 aromatic rings. The third kappa shape index (κ3) is 3.37. The van der Waals surface area contributed by atoms with Crippen LogP contribution in [0, 0.1) is 5.82 Å². The van der Waals surface area contributed by atoms with Gasteiger partial charge in [0.1, 0.15) is 11.6 Å². The molecule has 0 aliphatic carbocycles. The number of ether oxygens (including phenoxy) is 1. The Morgan fingerprint density at radius 1 is 1.15 bits per heavy atom. The fourth-order valence-electron chi connectivity index (χ4n) is 2.61. The van der Waals surface area contributed by atoms with E-state index in [0.29, 0.717) is 20.9 Å². The van der Waals surface area contributed by atoms with Crippen LogP contribution in [0.5, 0.6) is 5.75 Å². The van der Waals surface area contributed by atoms with Crippen LogP contribution in [0.2, 0.25) is 0 Å². The van der Waals surface area contributed by atoms with Crippen LogP contribution in [0.1, 0.15) is 5.56 Å². The zero-order chi connectivity index (χ0) is 18.8. The number of halogens is 1. The van der Waals surface area contributed by atoms with Gasteiger partial charge in [0.25, 0.3) is 5.56 Å². The van der Waals surface area contributed by atoms with Gasteiger partial charge in [-0.3, -0.25) is 4.79 Å². The van der Waals surface area contributed by atoms with Gasteiger partial charge in [0.15, 0.2) is 5.82 Å². The molecular formula is C20H14FN3O2S. The highest BCUT2D eigenvalue weighted by molar-refractivity contribution is 7.15. The zero-order valence-electron chi connectivity index (χ0n) is 14.3. The van der Waals surface area contributed by atoms with E-state index >= 15 is 0 Å². The molecule has 7 heteroatoms. The number of thiazole rings is 1. The van der Waals surface area contributed by atoms with Crippen molar-refractivity contribution < 1.29 is 9.13 Å². The number of benzene rings is 2. The number of fused-ring (bicyclic) bond motifs is 1. The molecule has 0 fully saturated rings. The Balaban J connectivity index is 1.67. The van der Waals surface area contributed by atoms with E-state index in [1.807, 2.05) is 30.3 Å². The quantitative estimate of drug-likeness (QED) is 0.547. The molecule has 134 valence electrons. The van der Waals surface area contributed by atoms with Crippen LogP contribution in [-0.2, 0) is 0 Å². The Kier molecular flexibility index (Phi) is 4.52. The van der Waals surface area contributed by atoms with Crippen LogP contribution in [0.25, 0.3) is 28.5 Å². The van der Waals surface area contributed by atoms with Crippen LogP contribution in [0.15, 0.2) is 59.4 Å². The summed E-state index contributed by atoms with van der Waals surface area (Å²) in [5, 5.41) is 4.24. The Labute approximate surface area is 157 Å². The van der Waals surface area contributed by atoms with Crippen molar-refractivity contribution in [3.05, 3.63) is 80.9 Å². The van der Waals surface area contributed by atoms with Crippen LogP contribution >= 0.6 is 11.3 Å². The number of hydrogen-bond donors (Lipinski definition) is 0. The highest BCUT2D eigenvalue weighted by Gasteiger charge is 2.11. The molecule has 0 amide bonds. The van der Waals surface area contributed by atoms with Gasteiger partial charge in [-0.05, 0) is 36.4 Å². The maximum atomic E-state index is 13.0. The molecule has 0 atom stereocenters. The van der Waals surface area contributed by atoms with E-state index in [9.17, 15) is 9.18 Å². The van der Waals surface area contributed by atoms with E-state index in [0.717, 1.165) is 11.3 Å². The number of aromatic nitrogens is 3. The highest BCUT2D eigenvalue weighted by atomic mass is 32.1. The van der Waals surface area contributed by atoms with Crippen molar-refractivity contribution in [2.45, 2.75) is 0 Å². The standard InChI is InChI=1S/C20H14FN3O2S/c1-26-16-7-3-2-5-13(16)6-4-8-17-19(25)24-20(27-17)22-18(23-24)14-9-11-15(21)12-10-14/h2-12H,1H3/b6-4+,17-8-. The van der Waals surface area contributed by atoms with Crippen molar-refractivity contribution in [3.63, 3.8) is 0 Å². The molecular weight excluding hydrogens is 365 g/mol. The summed E-state index contributed by atoms with van der Waals surface area (Å²) in [6.45, 7) is 0. The molecule has 27 heavy (non-hydrogen) atoms. The first-order chi connectivity index (χ1) is 13.2. The molecule has 0 N–H and O–H groups in total. The van der Waals surface area contributed by atoms with E-state index in [1.54, 1.807) is 31.4 Å². The van der Waals surface area contributed by atoms with Gasteiger partial charge >= 0.3 is 0 Å². The molecule has 0 aliphatic heterocycles. The Morgan fingerprint density at radius 3 is 2.67 bits per heavy atom. The maximum Gasteiger partial charge on any atom is 0.291 e. The fourth-order valence-corrected chi connectivity index (χ4v) is 3.47. The first kappa shape index (κ1) is 17.1. The molecule has 0 unspecified atom stereocenters. The van der Waals surface area contributed by atoms with Gasteiger partial charge in [0.05, 0.1) is 11.6 Å². The molecule has 2 heterocycles. The summed E-state index contributed by atoms with van der Waals surface area (Å²) in [4.78, 5) is 17.4. The summed E-state index contributed by atoms with van der Waals surface area (Å²) in [5.74, 6) is 0.827. The lowest BCUT2D eigenvalue weighted by Crippen LogP contribution is -2.23. The molecule has 0 saturated heterocycles. The minimum Gasteiger partial charge on any atom is -0.496 e. The van der Waals surface area contributed by atoms with Crippen molar-refractivity contribution in [1.29, 1.82) is 0 Å². The van der Waals surface area contributed by atoms with E-state index < -0.39 is 0 Å². The number of para-hydroxylation sites is 1. The van der Waals surface area contributed by atoms with Crippen LogP contribution in [0.4, 0.5) is 4.39 Å². The summed E-state index contributed by atoms with van der Waals surface area (Å²) >= 11 is 1.25. The smallest absolute Gasteiger partial charge is 0.291 e. The van der Waals surface area contributed by atoms with Crippen molar-refractivity contribution >= 4 is 28.4 Å². The van der Waals surface area contributed by atoms with E-state index in [-0.39, 0.29) is 11.4 Å². The Morgan fingerprint density at radius 2 is 1.93 bits per heavy atom. The van der Waals surface area contributed by atoms with Gasteiger partial charge in [-0.25, -0.2) is 4.39 Å². The summed E-state index contributed by atoms with van der Waals surface area (Å²) in [6.07, 6.45) is 5.40. The van der Waals surface area contributed by atoms with Gasteiger partial charge in [0, 0.05) is 11.1 Å². The number of rotatable bonds is 4. The molecule has 2 aromatic carbocycles. The van der Waals surface area contributed by atoms with E-state index in [4.69, 9.17) is 4.74 Å². The maximum absolute atomic E-state index is 13.0. The van der Waals surface area contributed by atoms with Crippen molar-refractivity contribution in [3.8, 4) is 17.1 Å². The first-order valence-corrected chi connectivity index (χ1v) is 8.94. The van der Waals surface area contributed by atoms with Gasteiger partial charge in [-0.1, -0.05) is 41.7 Å². The van der Waals surface area contributed by atoms with E-state index in [2.05, 4.69) is 10.1 Å². The fraction of sp³-hybridized carbons (Fsp3) is 0.0500. The summed E-state index contributed by atoms with van der Waals surface area (Å²) in [7, 11) is 1.62. The molecule has 5 nitrogen and oxygen atoms in total. The number of methoxy groups -OCH3 is 1. The van der Waals surface area contributed by atoms with E-state index in [1.165, 1.54) is 28.0 Å². The lowest BCUT2D eigenvalue weighted by Gasteiger charge is -2.02. The molecule has 4 rings (SSSR count). The summed E-state index contributed by atoms with van der Waals surface area (Å²) < 4.78 is 20.1. The molecule has 0 radical (unpaired) electrons. The second-order valence-corrected chi connectivity index (χ2v) is 6.68. The summed E-state index contributed by atoms with van der Waals surface area (Å²) in [6, 6.07) is 13.5. The number of hydrogen-bond acceptors (Lipinski definition) is 5. The highest BCUT2D eigenvalue weighted by Crippen LogP contribution is 2.19. The van der Waals surface area contributed by atoms with Gasteiger partial charge in [-0.15, -0.1) is 5.10 Å². The van der Waals surface area contributed by atoms with Crippen LogP contribution < -0.4 is 14.8 Å². The predicted octanol–water partition coefficient (Wildman–Crippen LogP) is 3.18. The van der Waals surface area contributed by atoms with Crippen LogP contribution in [0.3, 0.4) is 0 Å². The van der Waals surface area contributed by atoms with Crippen LogP contribution in [-0.4, -0.2) is 21.7 Å². The predicted molar refractivity (Wildman–Crippen MR) is 104 cm³/mol. The topological polar surface area (TPSA) is 56.5 Å². The average Bonchev–Trinajstić information content (AvgIpc) is 3.22. The minimum absolute atomic E-state index is 0.236. The third-order valence-corrected chi connectivity index (χ3v) is 4.92. The summed E-state index contributed by atoms with van der Waals surface area (Å²) in [5.41, 5.74) is 1.34.